The Morgan fingerprint density at radius 3 is 2.69 bits per heavy atom. The summed E-state index contributed by atoms with van der Waals surface area (Å²) in [5.74, 6) is 1.87. The molecule has 0 saturated carbocycles. The molecule has 1 aromatic carbocycles. The number of aryl methyl sites for hydroxylation is 1. The fourth-order valence-corrected chi connectivity index (χ4v) is 5.73. The van der Waals surface area contributed by atoms with E-state index in [0.717, 1.165) is 59.6 Å². The van der Waals surface area contributed by atoms with Crippen molar-refractivity contribution < 1.29 is 23.8 Å². The van der Waals surface area contributed by atoms with Crippen molar-refractivity contribution in [2.75, 3.05) is 44.3 Å². The number of rotatable bonds is 13. The lowest BCUT2D eigenvalue weighted by molar-refractivity contribution is -0.136. The molecule has 12 heteroatoms. The van der Waals surface area contributed by atoms with E-state index < -0.39 is 0 Å². The van der Waals surface area contributed by atoms with Gasteiger partial charge in [-0.05, 0) is 55.7 Å². The molecule has 3 aromatic heterocycles. The zero-order valence-electron chi connectivity index (χ0n) is 26.1. The van der Waals surface area contributed by atoms with Crippen molar-refractivity contribution in [3.05, 3.63) is 63.3 Å². The second-order valence-corrected chi connectivity index (χ2v) is 12.2. The first-order chi connectivity index (χ1) is 21.7. The Bertz CT molecular complexity index is 1630. The van der Waals surface area contributed by atoms with Crippen molar-refractivity contribution in [2.45, 2.75) is 58.8 Å². The van der Waals surface area contributed by atoms with Crippen molar-refractivity contribution in [2.24, 2.45) is 5.92 Å². The molecule has 45 heavy (non-hydrogen) atoms. The monoisotopic (exact) mass is 639 g/mol. The van der Waals surface area contributed by atoms with Gasteiger partial charge in [0.2, 0.25) is 5.91 Å². The Labute approximate surface area is 267 Å². The highest BCUT2D eigenvalue weighted by Crippen LogP contribution is 2.34. The van der Waals surface area contributed by atoms with E-state index in [4.69, 9.17) is 40.6 Å². The zero-order valence-corrected chi connectivity index (χ0v) is 26.9. The molecule has 0 radical (unpaired) electrons. The molecule has 1 aliphatic rings. The Kier molecular flexibility index (Phi) is 12.3. The van der Waals surface area contributed by atoms with E-state index in [1.54, 1.807) is 6.07 Å². The standard InChI is InChI=1S/C32H40ClN5O4.CH2O2/c1-21(2)19-38(15-12-22(3)25-17-23(33)18-34-32(25)40)28(39)20-41-16-8-11-27-35-29-24-9-4-5-10-26(24)42-30(29)31(36-27)37-13-6-7-14-37;2-1-3/h4-5,9-10,17-18,21-22H,6-8,11-16,19-20H2,1-3H3,(H,34,40);1H,(H,2,3). The Hall–Kier alpha value is -3.96. The fraction of sp³-hybridized carbons (Fsp3) is 0.485. The molecule has 4 aromatic rings. The Morgan fingerprint density at radius 2 is 1.96 bits per heavy atom. The van der Waals surface area contributed by atoms with Gasteiger partial charge >= 0.3 is 0 Å². The molecular weight excluding hydrogens is 598 g/mol. The first-order valence-electron chi connectivity index (χ1n) is 15.5. The van der Waals surface area contributed by atoms with E-state index in [9.17, 15) is 9.59 Å². The molecule has 1 atom stereocenters. The molecule has 1 unspecified atom stereocenters. The number of halogens is 1. The number of para-hydroxylation sites is 1. The van der Waals surface area contributed by atoms with Gasteiger partial charge in [0, 0.05) is 56.4 Å². The molecule has 4 heterocycles. The lowest BCUT2D eigenvalue weighted by atomic mass is 9.99. The molecule has 242 valence electrons. The number of carboxylic acid groups (broad SMARTS) is 1. The molecule has 0 aliphatic carbocycles. The number of aromatic amines is 1. The van der Waals surface area contributed by atoms with Gasteiger partial charge in [-0.3, -0.25) is 14.4 Å². The molecule has 0 bridgehead atoms. The first kappa shape index (κ1) is 33.9. The van der Waals surface area contributed by atoms with Crippen molar-refractivity contribution in [3.8, 4) is 0 Å². The highest BCUT2D eigenvalue weighted by molar-refractivity contribution is 6.30. The van der Waals surface area contributed by atoms with Gasteiger partial charge in [0.1, 0.15) is 23.5 Å². The van der Waals surface area contributed by atoms with Crippen LogP contribution in [0.1, 0.15) is 63.8 Å². The number of H-pyrrole nitrogens is 1. The average Bonchev–Trinajstić information content (AvgIpc) is 3.68. The number of nitrogens with zero attached hydrogens (tertiary/aromatic N) is 4. The summed E-state index contributed by atoms with van der Waals surface area (Å²) in [7, 11) is 0. The molecular formula is C33H42ClN5O6. The summed E-state index contributed by atoms with van der Waals surface area (Å²) in [6.45, 7) is 9.46. The largest absolute Gasteiger partial charge is 0.483 e. The van der Waals surface area contributed by atoms with Crippen LogP contribution in [-0.2, 0) is 20.7 Å². The van der Waals surface area contributed by atoms with Gasteiger partial charge in [-0.2, -0.15) is 0 Å². The number of aromatic nitrogens is 3. The zero-order chi connectivity index (χ0) is 32.3. The normalized spacial score (nSPS) is 13.7. The van der Waals surface area contributed by atoms with Crippen LogP contribution in [-0.4, -0.2) is 76.7 Å². The summed E-state index contributed by atoms with van der Waals surface area (Å²) < 4.78 is 12.0. The van der Waals surface area contributed by atoms with Crippen molar-refractivity contribution >= 4 is 51.9 Å². The summed E-state index contributed by atoms with van der Waals surface area (Å²) in [5, 5.41) is 8.38. The smallest absolute Gasteiger partial charge is 0.290 e. The third-order valence-electron chi connectivity index (χ3n) is 7.77. The summed E-state index contributed by atoms with van der Waals surface area (Å²) >= 11 is 6.08. The summed E-state index contributed by atoms with van der Waals surface area (Å²) in [6, 6.07) is 9.68. The second kappa shape index (κ2) is 16.4. The number of carbonyl (C=O) groups is 2. The third kappa shape index (κ3) is 9.04. The number of amides is 1. The summed E-state index contributed by atoms with van der Waals surface area (Å²) in [4.78, 5) is 50.3. The van der Waals surface area contributed by atoms with Gasteiger partial charge in [-0.1, -0.05) is 44.5 Å². The van der Waals surface area contributed by atoms with E-state index in [1.165, 1.54) is 6.20 Å². The van der Waals surface area contributed by atoms with Crippen LogP contribution in [0.5, 0.6) is 0 Å². The fourth-order valence-electron chi connectivity index (χ4n) is 5.56. The second-order valence-electron chi connectivity index (χ2n) is 11.7. The van der Waals surface area contributed by atoms with Gasteiger partial charge in [0.05, 0.1) is 5.02 Å². The van der Waals surface area contributed by atoms with E-state index in [0.29, 0.717) is 55.5 Å². The van der Waals surface area contributed by atoms with Crippen LogP contribution in [0.2, 0.25) is 5.02 Å². The van der Waals surface area contributed by atoms with E-state index in [-0.39, 0.29) is 30.5 Å². The van der Waals surface area contributed by atoms with Crippen LogP contribution < -0.4 is 10.5 Å². The quantitative estimate of drug-likeness (QED) is 0.140. The summed E-state index contributed by atoms with van der Waals surface area (Å²) in [6.07, 6.45) is 5.79. The minimum absolute atomic E-state index is 0.0180. The predicted octanol–water partition coefficient (Wildman–Crippen LogP) is 5.65. The number of hydrogen-bond acceptors (Lipinski definition) is 8. The number of carbonyl (C=O) groups excluding carboxylic acids is 1. The van der Waals surface area contributed by atoms with Gasteiger partial charge in [0.25, 0.3) is 12.0 Å². The maximum Gasteiger partial charge on any atom is 0.290 e. The molecule has 0 spiro atoms. The topological polar surface area (TPSA) is 142 Å². The SMILES string of the molecule is CC(C)CN(CCC(C)c1cc(Cl)c[nH]c1=O)C(=O)COCCCc1nc(N2CCCC2)c2oc3ccccc3c2n1.O=CO. The number of fused-ring (bicyclic) bond motifs is 3. The third-order valence-corrected chi connectivity index (χ3v) is 7.98. The van der Waals surface area contributed by atoms with Gasteiger partial charge in [0.15, 0.2) is 11.4 Å². The van der Waals surface area contributed by atoms with Crippen molar-refractivity contribution in [1.82, 2.24) is 19.9 Å². The van der Waals surface area contributed by atoms with Crippen LogP contribution in [0, 0.1) is 5.92 Å². The van der Waals surface area contributed by atoms with Crippen LogP contribution in [0.25, 0.3) is 22.1 Å². The minimum Gasteiger partial charge on any atom is -0.483 e. The van der Waals surface area contributed by atoms with Crippen LogP contribution >= 0.6 is 11.6 Å². The molecule has 1 amide bonds. The molecule has 2 N–H and O–H groups in total. The maximum absolute atomic E-state index is 13.1. The van der Waals surface area contributed by atoms with E-state index in [2.05, 4.69) is 23.7 Å². The van der Waals surface area contributed by atoms with Crippen LogP contribution in [0.15, 0.2) is 45.7 Å². The van der Waals surface area contributed by atoms with Crippen molar-refractivity contribution in [3.63, 3.8) is 0 Å². The molecule has 1 saturated heterocycles. The van der Waals surface area contributed by atoms with Gasteiger partial charge < -0.3 is 29.0 Å². The number of furan rings is 1. The highest BCUT2D eigenvalue weighted by atomic mass is 35.5. The number of ether oxygens (including phenoxy) is 1. The van der Waals surface area contributed by atoms with Gasteiger partial charge in [-0.15, -0.1) is 0 Å². The minimum atomic E-state index is -0.250. The average molecular weight is 640 g/mol. The Balaban J connectivity index is 0.00000148. The van der Waals surface area contributed by atoms with Crippen LogP contribution in [0.3, 0.4) is 0 Å². The first-order valence-corrected chi connectivity index (χ1v) is 15.8. The number of benzene rings is 1. The Morgan fingerprint density at radius 1 is 1.22 bits per heavy atom. The number of pyridine rings is 1. The molecule has 5 rings (SSSR count). The lowest BCUT2D eigenvalue weighted by Gasteiger charge is -2.26. The van der Waals surface area contributed by atoms with E-state index in [1.807, 2.05) is 36.1 Å². The molecule has 11 nitrogen and oxygen atoms in total. The predicted molar refractivity (Wildman–Crippen MR) is 175 cm³/mol. The maximum atomic E-state index is 13.1. The molecule has 1 fully saturated rings. The molecule has 1 aliphatic heterocycles. The van der Waals surface area contributed by atoms with Gasteiger partial charge in [-0.25, -0.2) is 9.97 Å². The highest BCUT2D eigenvalue weighted by Gasteiger charge is 2.23. The number of hydrogen-bond donors (Lipinski definition) is 2. The number of nitrogens with one attached hydrogen (secondary N) is 1. The summed E-state index contributed by atoms with van der Waals surface area (Å²) in [5.41, 5.74) is 2.91. The van der Waals surface area contributed by atoms with E-state index >= 15 is 0 Å². The lowest BCUT2D eigenvalue weighted by Crippen LogP contribution is -2.38. The van der Waals surface area contributed by atoms with Crippen LogP contribution in [0.4, 0.5) is 5.82 Å². The number of anilines is 1. The van der Waals surface area contributed by atoms with Crippen molar-refractivity contribution in [1.29, 1.82) is 0 Å².